The highest BCUT2D eigenvalue weighted by Crippen LogP contribution is 2.30. The maximum Gasteiger partial charge on any atom is 0.273 e. The van der Waals surface area contributed by atoms with Gasteiger partial charge in [-0.3, -0.25) is 9.69 Å². The molecule has 1 aliphatic rings. The van der Waals surface area contributed by atoms with Crippen LogP contribution in [0.1, 0.15) is 26.6 Å². The molecule has 0 N–H and O–H groups in total. The molecule has 3 aromatic carbocycles. The van der Waals surface area contributed by atoms with Gasteiger partial charge < -0.3 is 28.7 Å². The Bertz CT molecular complexity index is 1590. The third-order valence-corrected chi connectivity index (χ3v) is 9.10. The Morgan fingerprint density at radius 2 is 1.62 bits per heavy atom. The molecule has 9 nitrogen and oxygen atoms in total. The fourth-order valence-corrected chi connectivity index (χ4v) is 6.52. The van der Waals surface area contributed by atoms with Crippen molar-refractivity contribution in [2.45, 2.75) is 19.5 Å². The Hall–Kier alpha value is -3.99. The molecule has 0 unspecified atom stereocenters. The molecule has 1 aliphatic heterocycles. The van der Waals surface area contributed by atoms with E-state index in [9.17, 15) is 4.79 Å². The molecule has 0 saturated carbocycles. The van der Waals surface area contributed by atoms with E-state index < -0.39 is 0 Å². The summed E-state index contributed by atoms with van der Waals surface area (Å²) in [6.07, 6.45) is 0.783. The SMILES string of the molecule is COc1ccc(CN(CCc2ccc(OC)c(OC)c2)Cc2nc(C(=O)N3CCN(c4ccccc4Cl)CC3)cs2)c(OC)c1. The quantitative estimate of drug-likeness (QED) is 0.173. The number of para-hydroxylation sites is 1. The first-order valence-corrected chi connectivity index (χ1v) is 16.1. The van der Waals surface area contributed by atoms with Gasteiger partial charge in [-0.1, -0.05) is 35.9 Å². The molecule has 1 aromatic heterocycles. The standard InChI is InChI=1S/C34H39ClN4O5S/c1-41-26-11-10-25(31(20-26)43-3)21-37(14-13-24-9-12-30(42-2)32(19-24)44-4)22-33-36-28(23-45-33)34(40)39-17-15-38(16-18-39)29-8-6-5-7-27(29)35/h5-12,19-20,23H,13-18,21-22H2,1-4H3. The summed E-state index contributed by atoms with van der Waals surface area (Å²) in [5, 5.41) is 3.48. The highest BCUT2D eigenvalue weighted by molar-refractivity contribution is 7.09. The summed E-state index contributed by atoms with van der Waals surface area (Å²) in [5.41, 5.74) is 3.66. The van der Waals surface area contributed by atoms with Crippen LogP contribution in [0, 0.1) is 0 Å². The summed E-state index contributed by atoms with van der Waals surface area (Å²) in [6, 6.07) is 19.7. The predicted octanol–water partition coefficient (Wildman–Crippen LogP) is 6.04. The lowest BCUT2D eigenvalue weighted by atomic mass is 10.1. The first-order chi connectivity index (χ1) is 21.9. The number of rotatable bonds is 13. The Kier molecular flexibility index (Phi) is 11.0. The number of carbonyl (C=O) groups excluding carboxylic acids is 1. The number of methoxy groups -OCH3 is 4. The van der Waals surface area contributed by atoms with Crippen LogP contribution in [0.5, 0.6) is 23.0 Å². The number of ether oxygens (including phenoxy) is 4. The molecule has 45 heavy (non-hydrogen) atoms. The number of thiazole rings is 1. The van der Waals surface area contributed by atoms with Gasteiger partial charge in [-0.2, -0.15) is 0 Å². The van der Waals surface area contributed by atoms with E-state index in [0.29, 0.717) is 43.4 Å². The number of aromatic nitrogens is 1. The van der Waals surface area contributed by atoms with Gasteiger partial charge in [-0.15, -0.1) is 11.3 Å². The van der Waals surface area contributed by atoms with E-state index in [2.05, 4.69) is 15.9 Å². The van der Waals surface area contributed by atoms with Crippen LogP contribution < -0.4 is 23.8 Å². The van der Waals surface area contributed by atoms with Gasteiger partial charge in [-0.25, -0.2) is 4.98 Å². The fraction of sp³-hybridized carbons (Fsp3) is 0.353. The van der Waals surface area contributed by atoms with Crippen molar-refractivity contribution in [1.82, 2.24) is 14.8 Å². The van der Waals surface area contributed by atoms with E-state index in [4.69, 9.17) is 35.5 Å². The van der Waals surface area contributed by atoms with Crippen molar-refractivity contribution in [3.8, 4) is 23.0 Å². The summed E-state index contributed by atoms with van der Waals surface area (Å²) in [7, 11) is 6.59. The Balaban J connectivity index is 1.28. The lowest BCUT2D eigenvalue weighted by Crippen LogP contribution is -2.49. The van der Waals surface area contributed by atoms with Gasteiger partial charge >= 0.3 is 0 Å². The number of piperazine rings is 1. The molecular formula is C34H39ClN4O5S. The number of amides is 1. The van der Waals surface area contributed by atoms with Gasteiger partial charge in [0.1, 0.15) is 22.2 Å². The van der Waals surface area contributed by atoms with Crippen molar-refractivity contribution < 1.29 is 23.7 Å². The van der Waals surface area contributed by atoms with Gasteiger partial charge in [0.15, 0.2) is 11.5 Å². The van der Waals surface area contributed by atoms with Crippen LogP contribution in [-0.4, -0.2) is 81.9 Å². The van der Waals surface area contributed by atoms with Crippen LogP contribution in [0.4, 0.5) is 5.69 Å². The molecule has 0 radical (unpaired) electrons. The summed E-state index contributed by atoms with van der Waals surface area (Å²) in [4.78, 5) is 24.6. The second kappa shape index (κ2) is 15.3. The summed E-state index contributed by atoms with van der Waals surface area (Å²) in [5.74, 6) is 2.87. The topological polar surface area (TPSA) is 76.6 Å². The number of carbonyl (C=O) groups is 1. The first kappa shape index (κ1) is 32.4. The molecule has 1 saturated heterocycles. The average Bonchev–Trinajstić information content (AvgIpc) is 3.55. The van der Waals surface area contributed by atoms with E-state index in [1.807, 2.05) is 64.9 Å². The maximum absolute atomic E-state index is 13.4. The molecule has 11 heteroatoms. The molecule has 0 bridgehead atoms. The minimum Gasteiger partial charge on any atom is -0.497 e. The number of anilines is 1. The van der Waals surface area contributed by atoms with Crippen LogP contribution in [0.2, 0.25) is 5.02 Å². The number of benzene rings is 3. The van der Waals surface area contributed by atoms with Crippen LogP contribution in [0.3, 0.4) is 0 Å². The van der Waals surface area contributed by atoms with Crippen molar-refractivity contribution in [3.63, 3.8) is 0 Å². The first-order valence-electron chi connectivity index (χ1n) is 14.8. The molecule has 0 spiro atoms. The number of hydrogen-bond acceptors (Lipinski definition) is 9. The van der Waals surface area contributed by atoms with Crippen molar-refractivity contribution in [2.75, 3.05) is 66.1 Å². The van der Waals surface area contributed by atoms with Gasteiger partial charge in [-0.05, 0) is 42.3 Å². The zero-order valence-electron chi connectivity index (χ0n) is 26.1. The van der Waals surface area contributed by atoms with Gasteiger partial charge in [0, 0.05) is 56.3 Å². The Morgan fingerprint density at radius 3 is 2.33 bits per heavy atom. The molecule has 4 aromatic rings. The minimum atomic E-state index is -0.0370. The molecule has 1 fully saturated rings. The number of halogens is 1. The molecule has 238 valence electrons. The number of nitrogens with zero attached hydrogens (tertiary/aromatic N) is 4. The van der Waals surface area contributed by atoms with E-state index in [1.54, 1.807) is 28.4 Å². The second-order valence-corrected chi connectivity index (χ2v) is 12.0. The van der Waals surface area contributed by atoms with Gasteiger partial charge in [0.2, 0.25) is 0 Å². The predicted molar refractivity (Wildman–Crippen MR) is 179 cm³/mol. The lowest BCUT2D eigenvalue weighted by Gasteiger charge is -2.36. The smallest absolute Gasteiger partial charge is 0.273 e. The largest absolute Gasteiger partial charge is 0.497 e. The monoisotopic (exact) mass is 650 g/mol. The third kappa shape index (κ3) is 8.00. The van der Waals surface area contributed by atoms with E-state index >= 15 is 0 Å². The van der Waals surface area contributed by atoms with E-state index in [1.165, 1.54) is 11.3 Å². The zero-order chi connectivity index (χ0) is 31.8. The van der Waals surface area contributed by atoms with Gasteiger partial charge in [0.05, 0.1) is 45.7 Å². The highest BCUT2D eigenvalue weighted by atomic mass is 35.5. The molecule has 1 amide bonds. The fourth-order valence-electron chi connectivity index (χ4n) is 5.45. The van der Waals surface area contributed by atoms with E-state index in [-0.39, 0.29) is 5.91 Å². The normalized spacial score (nSPS) is 13.2. The molecule has 2 heterocycles. The van der Waals surface area contributed by atoms with Crippen LogP contribution in [0.15, 0.2) is 66.0 Å². The second-order valence-electron chi connectivity index (χ2n) is 10.7. The van der Waals surface area contributed by atoms with E-state index in [0.717, 1.165) is 64.4 Å². The summed E-state index contributed by atoms with van der Waals surface area (Å²) >= 11 is 7.92. The minimum absolute atomic E-state index is 0.0370. The Labute approximate surface area is 273 Å². The zero-order valence-corrected chi connectivity index (χ0v) is 27.7. The van der Waals surface area contributed by atoms with Crippen molar-refractivity contribution >= 4 is 34.5 Å². The van der Waals surface area contributed by atoms with Crippen LogP contribution in [0.25, 0.3) is 0 Å². The molecular weight excluding hydrogens is 612 g/mol. The molecule has 5 rings (SSSR count). The summed E-state index contributed by atoms with van der Waals surface area (Å²) in [6.45, 7) is 4.64. The highest BCUT2D eigenvalue weighted by Gasteiger charge is 2.25. The van der Waals surface area contributed by atoms with Crippen LogP contribution >= 0.6 is 22.9 Å². The number of hydrogen-bond donors (Lipinski definition) is 0. The molecule has 0 aliphatic carbocycles. The van der Waals surface area contributed by atoms with Gasteiger partial charge in [0.25, 0.3) is 5.91 Å². The Morgan fingerprint density at radius 1 is 0.867 bits per heavy atom. The third-order valence-electron chi connectivity index (χ3n) is 7.94. The van der Waals surface area contributed by atoms with Crippen LogP contribution in [-0.2, 0) is 19.5 Å². The van der Waals surface area contributed by atoms with Crippen molar-refractivity contribution in [3.05, 3.63) is 92.9 Å². The maximum atomic E-state index is 13.4. The van der Waals surface area contributed by atoms with Crippen molar-refractivity contribution in [1.29, 1.82) is 0 Å². The average molecular weight is 651 g/mol. The molecule has 0 atom stereocenters. The van der Waals surface area contributed by atoms with Crippen molar-refractivity contribution in [2.24, 2.45) is 0 Å². The lowest BCUT2D eigenvalue weighted by molar-refractivity contribution is 0.0741. The summed E-state index contributed by atoms with van der Waals surface area (Å²) < 4.78 is 22.0.